The van der Waals surface area contributed by atoms with Crippen molar-refractivity contribution in [3.8, 4) is 11.5 Å². The molecule has 0 saturated carbocycles. The van der Waals surface area contributed by atoms with Gasteiger partial charge in [-0.1, -0.05) is 0 Å². The molecule has 0 aromatic carbocycles. The van der Waals surface area contributed by atoms with Crippen molar-refractivity contribution in [1.29, 1.82) is 0 Å². The Kier molecular flexibility index (Phi) is 4.29. The molecule has 0 aliphatic carbocycles. The number of aromatic nitrogens is 6. The van der Waals surface area contributed by atoms with E-state index in [9.17, 15) is 0 Å². The summed E-state index contributed by atoms with van der Waals surface area (Å²) in [5.41, 5.74) is 4.71. The van der Waals surface area contributed by atoms with Crippen molar-refractivity contribution in [3.63, 3.8) is 0 Å². The van der Waals surface area contributed by atoms with Crippen LogP contribution in [0.25, 0.3) is 11.0 Å². The molecule has 1 N–H and O–H groups in total. The Morgan fingerprint density at radius 2 is 1.61 bits per heavy atom. The second-order valence-corrected chi connectivity index (χ2v) is 6.69. The average molecular weight is 381 g/mol. The summed E-state index contributed by atoms with van der Waals surface area (Å²) in [7, 11) is 3.49. The van der Waals surface area contributed by atoms with Gasteiger partial charge in [-0.15, -0.1) is 5.10 Å². The van der Waals surface area contributed by atoms with E-state index in [0.717, 1.165) is 45.2 Å². The molecule has 4 aromatic rings. The van der Waals surface area contributed by atoms with E-state index in [0.29, 0.717) is 11.6 Å². The van der Waals surface area contributed by atoms with E-state index < -0.39 is 0 Å². The number of nitrogens with zero attached hydrogens (tertiary/aromatic N) is 6. The fraction of sp³-hybridized carbons (Fsp3) is 0.368. The molecule has 0 amide bonds. The number of hydrogen-bond acceptors (Lipinski definition) is 7. The van der Waals surface area contributed by atoms with Gasteiger partial charge in [0.25, 0.3) is 0 Å². The van der Waals surface area contributed by atoms with Gasteiger partial charge in [-0.2, -0.15) is 5.10 Å². The predicted octanol–water partition coefficient (Wildman–Crippen LogP) is 2.63. The maximum atomic E-state index is 6.03. The number of nitrogens with one attached hydrogen (secondary N) is 1. The van der Waals surface area contributed by atoms with Crippen molar-refractivity contribution < 1.29 is 9.47 Å². The number of fused-ring (bicyclic) bond motifs is 2. The Labute approximate surface area is 162 Å². The largest absolute Gasteiger partial charge is 0.495 e. The average Bonchev–Trinajstić information content (AvgIpc) is 3.16. The molecule has 0 radical (unpaired) electrons. The summed E-state index contributed by atoms with van der Waals surface area (Å²) in [5, 5.41) is 12.1. The molecule has 28 heavy (non-hydrogen) atoms. The molecule has 4 rings (SSSR count). The van der Waals surface area contributed by atoms with Gasteiger partial charge in [-0.25, -0.2) is 19.0 Å². The van der Waals surface area contributed by atoms with Gasteiger partial charge in [-0.05, 0) is 27.7 Å². The van der Waals surface area contributed by atoms with Gasteiger partial charge >= 0.3 is 0 Å². The maximum absolute atomic E-state index is 6.03. The summed E-state index contributed by atoms with van der Waals surface area (Å²) in [5.74, 6) is 3.55. The van der Waals surface area contributed by atoms with Gasteiger partial charge in [0.1, 0.15) is 29.4 Å². The number of methoxy groups -OCH3 is 1. The van der Waals surface area contributed by atoms with Crippen molar-refractivity contribution in [2.45, 2.75) is 34.3 Å². The molecule has 9 nitrogen and oxygen atoms in total. The van der Waals surface area contributed by atoms with Gasteiger partial charge in [0.15, 0.2) is 11.6 Å². The van der Waals surface area contributed by atoms with Gasteiger partial charge in [0.05, 0.1) is 30.7 Å². The first-order chi connectivity index (χ1) is 13.4. The van der Waals surface area contributed by atoms with Crippen LogP contribution in [0.4, 0.5) is 5.82 Å². The highest BCUT2D eigenvalue weighted by Gasteiger charge is 2.16. The quantitative estimate of drug-likeness (QED) is 0.568. The van der Waals surface area contributed by atoms with E-state index in [4.69, 9.17) is 9.47 Å². The van der Waals surface area contributed by atoms with Crippen molar-refractivity contribution in [2.75, 3.05) is 19.5 Å². The highest BCUT2D eigenvalue weighted by Crippen LogP contribution is 2.29. The highest BCUT2D eigenvalue weighted by atomic mass is 16.5. The Morgan fingerprint density at radius 1 is 0.929 bits per heavy atom. The predicted molar refractivity (Wildman–Crippen MR) is 105 cm³/mol. The zero-order chi connectivity index (χ0) is 20.0. The van der Waals surface area contributed by atoms with Crippen LogP contribution < -0.4 is 14.8 Å². The van der Waals surface area contributed by atoms with Gasteiger partial charge in [-0.3, -0.25) is 0 Å². The third-order valence-electron chi connectivity index (χ3n) is 4.81. The van der Waals surface area contributed by atoms with Crippen LogP contribution in [0.2, 0.25) is 0 Å². The zero-order valence-corrected chi connectivity index (χ0v) is 16.9. The van der Waals surface area contributed by atoms with Crippen LogP contribution in [0, 0.1) is 27.7 Å². The van der Waals surface area contributed by atoms with Gasteiger partial charge < -0.3 is 14.8 Å². The van der Waals surface area contributed by atoms with E-state index in [1.165, 1.54) is 0 Å². The van der Waals surface area contributed by atoms with E-state index >= 15 is 0 Å². The Bertz CT molecular complexity index is 1190. The zero-order valence-electron chi connectivity index (χ0n) is 16.9. The lowest BCUT2D eigenvalue weighted by Gasteiger charge is -2.07. The topological polar surface area (TPSA) is 90.9 Å². The highest BCUT2D eigenvalue weighted by molar-refractivity contribution is 5.74. The third-order valence-corrected chi connectivity index (χ3v) is 4.81. The van der Waals surface area contributed by atoms with Crippen molar-refractivity contribution in [2.24, 2.45) is 0 Å². The summed E-state index contributed by atoms with van der Waals surface area (Å²) in [6, 6.07) is 0. The van der Waals surface area contributed by atoms with Crippen LogP contribution in [-0.2, 0) is 6.61 Å². The monoisotopic (exact) mass is 381 g/mol. The summed E-state index contributed by atoms with van der Waals surface area (Å²) in [4.78, 5) is 9.03. The lowest BCUT2D eigenvalue weighted by atomic mass is 10.2. The summed E-state index contributed by atoms with van der Waals surface area (Å²) >= 11 is 0. The Balaban J connectivity index is 1.67. The van der Waals surface area contributed by atoms with E-state index in [2.05, 4.69) is 25.5 Å². The molecule has 0 spiro atoms. The smallest absolute Gasteiger partial charge is 0.187 e. The second kappa shape index (κ2) is 6.66. The summed E-state index contributed by atoms with van der Waals surface area (Å²) in [6.45, 7) is 8.05. The van der Waals surface area contributed by atoms with E-state index in [1.807, 2.05) is 47.1 Å². The van der Waals surface area contributed by atoms with Crippen LogP contribution in [0.15, 0.2) is 12.4 Å². The van der Waals surface area contributed by atoms with E-state index in [1.54, 1.807) is 16.1 Å². The van der Waals surface area contributed by atoms with Crippen LogP contribution in [0.1, 0.15) is 28.5 Å². The summed E-state index contributed by atoms with van der Waals surface area (Å²) in [6.07, 6.45) is 3.72. The number of aryl methyl sites for hydroxylation is 4. The molecule has 0 bridgehead atoms. The number of hydrogen-bond donors (Lipinski definition) is 1. The third kappa shape index (κ3) is 2.79. The molecule has 4 heterocycles. The number of ether oxygens (including phenoxy) is 2. The second-order valence-electron chi connectivity index (χ2n) is 6.69. The Hall–Kier alpha value is -3.36. The molecular weight excluding hydrogens is 358 g/mol. The van der Waals surface area contributed by atoms with E-state index in [-0.39, 0.29) is 6.61 Å². The van der Waals surface area contributed by atoms with Crippen LogP contribution in [-0.4, -0.2) is 43.4 Å². The standard InChI is InChI=1S/C19H23N7O2/c1-10-14(27-6)7-25-17(10)12(3)21-16(24-25)9-28-15-8-26-18(11(15)2)19(20-5)22-13(4)23-26/h7-8H,9H2,1-6H3,(H,20,22,23). The molecule has 0 fully saturated rings. The van der Waals surface area contributed by atoms with Gasteiger partial charge in [0, 0.05) is 18.2 Å². The minimum atomic E-state index is 0.245. The molecule has 0 saturated heterocycles. The Morgan fingerprint density at radius 3 is 2.32 bits per heavy atom. The van der Waals surface area contributed by atoms with Crippen molar-refractivity contribution in [3.05, 3.63) is 40.9 Å². The molecular formula is C19H23N7O2. The number of anilines is 1. The van der Waals surface area contributed by atoms with Crippen LogP contribution in [0.5, 0.6) is 11.5 Å². The van der Waals surface area contributed by atoms with Crippen molar-refractivity contribution in [1.82, 2.24) is 29.2 Å². The van der Waals surface area contributed by atoms with Crippen LogP contribution in [0.3, 0.4) is 0 Å². The molecule has 0 atom stereocenters. The minimum absolute atomic E-state index is 0.245. The fourth-order valence-corrected chi connectivity index (χ4v) is 3.52. The SMILES string of the molecule is CNc1nc(C)nn2cc(OCc3nc(C)c4c(C)c(OC)cn4n3)c(C)c12. The molecule has 0 aliphatic rings. The molecule has 4 aromatic heterocycles. The van der Waals surface area contributed by atoms with Crippen LogP contribution >= 0.6 is 0 Å². The molecule has 0 unspecified atom stereocenters. The molecule has 0 aliphatic heterocycles. The first-order valence-electron chi connectivity index (χ1n) is 8.99. The lowest BCUT2D eigenvalue weighted by molar-refractivity contribution is 0.291. The van der Waals surface area contributed by atoms with Gasteiger partial charge in [0.2, 0.25) is 0 Å². The normalized spacial score (nSPS) is 11.4. The first kappa shape index (κ1) is 18.0. The number of rotatable bonds is 5. The summed E-state index contributed by atoms with van der Waals surface area (Å²) < 4.78 is 15.0. The maximum Gasteiger partial charge on any atom is 0.187 e. The minimum Gasteiger partial charge on any atom is -0.495 e. The van der Waals surface area contributed by atoms with Crippen molar-refractivity contribution >= 4 is 16.9 Å². The molecule has 146 valence electrons. The first-order valence-corrected chi connectivity index (χ1v) is 8.99. The molecule has 9 heteroatoms. The fourth-order valence-electron chi connectivity index (χ4n) is 3.52. The lowest BCUT2D eigenvalue weighted by Crippen LogP contribution is -2.07.